The van der Waals surface area contributed by atoms with Gasteiger partial charge < -0.3 is 22.5 Å². The molecule has 0 bridgehead atoms. The number of rotatable bonds is 6. The van der Waals surface area contributed by atoms with E-state index in [-0.39, 0.29) is 17.8 Å². The van der Waals surface area contributed by atoms with Crippen LogP contribution < -0.4 is 22.5 Å². The van der Waals surface area contributed by atoms with E-state index in [1.54, 1.807) is 0 Å². The summed E-state index contributed by atoms with van der Waals surface area (Å²) in [6.45, 7) is 2.02. The molecule has 0 spiro atoms. The van der Waals surface area contributed by atoms with E-state index in [1.165, 1.54) is 17.3 Å². The normalized spacial score (nSPS) is 10.7. The molecule has 2 heterocycles. The fourth-order valence-corrected chi connectivity index (χ4v) is 2.80. The minimum atomic E-state index is 0.0992. The van der Waals surface area contributed by atoms with Crippen molar-refractivity contribution in [3.63, 3.8) is 0 Å². The van der Waals surface area contributed by atoms with Crippen molar-refractivity contribution in [2.75, 3.05) is 22.5 Å². The predicted octanol–water partition coefficient (Wildman–Crippen LogP) is 1.29. The van der Waals surface area contributed by atoms with Crippen LogP contribution in [0.4, 0.5) is 29.5 Å². The van der Waals surface area contributed by atoms with Gasteiger partial charge in [0.05, 0.1) is 11.5 Å². The number of anilines is 5. The van der Waals surface area contributed by atoms with Crippen LogP contribution >= 0.6 is 11.8 Å². The average molecular weight is 370 g/mol. The van der Waals surface area contributed by atoms with Gasteiger partial charge in [-0.1, -0.05) is 17.7 Å². The Bertz CT molecular complexity index is 879. The maximum atomic E-state index is 5.78. The Morgan fingerprint density at radius 1 is 0.769 bits per heavy atom. The second-order valence-electron chi connectivity index (χ2n) is 5.39. The summed E-state index contributed by atoms with van der Waals surface area (Å²) in [5.74, 6) is 2.78. The highest BCUT2D eigenvalue weighted by Gasteiger charge is 2.07. The lowest BCUT2D eigenvalue weighted by atomic mass is 10.2. The monoisotopic (exact) mass is 370 g/mol. The number of thioether (sulfide) groups is 1. The van der Waals surface area contributed by atoms with E-state index in [4.69, 9.17) is 17.2 Å². The van der Waals surface area contributed by atoms with Crippen LogP contribution in [0.15, 0.2) is 24.3 Å². The van der Waals surface area contributed by atoms with E-state index >= 15 is 0 Å². The second kappa shape index (κ2) is 7.78. The molecule has 0 fully saturated rings. The first-order valence-corrected chi connectivity index (χ1v) is 8.81. The van der Waals surface area contributed by atoms with E-state index in [2.05, 4.69) is 35.2 Å². The molecule has 1 aromatic carbocycles. The molecule has 2 aromatic heterocycles. The first kappa shape index (κ1) is 17.6. The Morgan fingerprint density at radius 2 is 1.31 bits per heavy atom. The topological polar surface area (TPSA) is 167 Å². The van der Waals surface area contributed by atoms with Crippen molar-refractivity contribution in [3.8, 4) is 0 Å². The molecule has 10 nitrogen and oxygen atoms in total. The summed E-state index contributed by atoms with van der Waals surface area (Å²) >= 11 is 1.50. The molecule has 11 heteroatoms. The van der Waals surface area contributed by atoms with Gasteiger partial charge in [0.15, 0.2) is 0 Å². The van der Waals surface area contributed by atoms with Crippen LogP contribution in [0.25, 0.3) is 0 Å². The van der Waals surface area contributed by atoms with Crippen molar-refractivity contribution < 1.29 is 0 Å². The summed E-state index contributed by atoms with van der Waals surface area (Å²) in [7, 11) is 0. The summed E-state index contributed by atoms with van der Waals surface area (Å²) < 4.78 is 0. The van der Waals surface area contributed by atoms with Crippen molar-refractivity contribution in [2.24, 2.45) is 0 Å². The minimum Gasteiger partial charge on any atom is -0.368 e. The van der Waals surface area contributed by atoms with Crippen molar-refractivity contribution >= 4 is 41.2 Å². The number of hydrogen-bond acceptors (Lipinski definition) is 11. The maximum Gasteiger partial charge on any atom is 0.232 e. The number of nitrogens with one attached hydrogen (secondary N) is 1. The summed E-state index contributed by atoms with van der Waals surface area (Å²) in [6, 6.07) is 7.88. The SMILES string of the molecule is Cc1ccc(Nc2nc(N)nc(CSCc3nc(N)nc(N)n3)n2)cc1. The van der Waals surface area contributed by atoms with Crippen LogP contribution in [-0.4, -0.2) is 29.9 Å². The molecular formula is C15H18N10S. The molecular weight excluding hydrogens is 352 g/mol. The van der Waals surface area contributed by atoms with Gasteiger partial charge in [-0.05, 0) is 19.1 Å². The third-order valence-corrected chi connectivity index (χ3v) is 4.11. The number of nitrogens with zero attached hydrogens (tertiary/aromatic N) is 6. The molecule has 0 amide bonds. The van der Waals surface area contributed by atoms with Gasteiger partial charge in [-0.2, -0.15) is 29.9 Å². The first-order valence-electron chi connectivity index (χ1n) is 7.66. The van der Waals surface area contributed by atoms with Crippen LogP contribution in [0.1, 0.15) is 17.2 Å². The second-order valence-corrected chi connectivity index (χ2v) is 6.37. The lowest BCUT2D eigenvalue weighted by Crippen LogP contribution is -2.07. The molecule has 0 aliphatic heterocycles. The number of aryl methyl sites for hydroxylation is 1. The van der Waals surface area contributed by atoms with Gasteiger partial charge in [0.25, 0.3) is 0 Å². The van der Waals surface area contributed by atoms with Gasteiger partial charge in [0.1, 0.15) is 11.6 Å². The molecule has 0 aliphatic carbocycles. The van der Waals surface area contributed by atoms with Crippen LogP contribution in [0.3, 0.4) is 0 Å². The van der Waals surface area contributed by atoms with Gasteiger partial charge in [-0.15, -0.1) is 11.8 Å². The van der Waals surface area contributed by atoms with Gasteiger partial charge >= 0.3 is 0 Å². The fourth-order valence-electron chi connectivity index (χ4n) is 2.08. The third kappa shape index (κ3) is 4.89. The van der Waals surface area contributed by atoms with Crippen LogP contribution in [0.5, 0.6) is 0 Å². The third-order valence-electron chi connectivity index (χ3n) is 3.19. The van der Waals surface area contributed by atoms with Crippen LogP contribution in [-0.2, 0) is 11.5 Å². The highest BCUT2D eigenvalue weighted by atomic mass is 32.2. The quantitative estimate of drug-likeness (QED) is 0.493. The smallest absolute Gasteiger partial charge is 0.232 e. The van der Waals surface area contributed by atoms with Gasteiger partial charge in [-0.3, -0.25) is 0 Å². The number of hydrogen-bond donors (Lipinski definition) is 4. The van der Waals surface area contributed by atoms with E-state index in [1.807, 2.05) is 31.2 Å². The van der Waals surface area contributed by atoms with Crippen molar-refractivity contribution in [3.05, 3.63) is 41.5 Å². The van der Waals surface area contributed by atoms with Crippen LogP contribution in [0, 0.1) is 6.92 Å². The zero-order chi connectivity index (χ0) is 18.5. The zero-order valence-corrected chi connectivity index (χ0v) is 14.9. The molecule has 7 N–H and O–H groups in total. The zero-order valence-electron chi connectivity index (χ0n) is 14.0. The summed E-state index contributed by atoms with van der Waals surface area (Å²) in [5.41, 5.74) is 18.9. The molecule has 0 atom stereocenters. The molecule has 0 saturated carbocycles. The lowest BCUT2D eigenvalue weighted by Gasteiger charge is -2.07. The summed E-state index contributed by atoms with van der Waals surface area (Å²) in [5, 5.41) is 3.12. The predicted molar refractivity (Wildman–Crippen MR) is 102 cm³/mol. The number of aromatic nitrogens is 6. The Kier molecular flexibility index (Phi) is 5.27. The summed E-state index contributed by atoms with van der Waals surface area (Å²) in [6.07, 6.45) is 0. The number of nitrogens with two attached hydrogens (primary N) is 3. The van der Waals surface area contributed by atoms with E-state index in [9.17, 15) is 0 Å². The highest BCUT2D eigenvalue weighted by molar-refractivity contribution is 7.97. The van der Waals surface area contributed by atoms with Gasteiger partial charge in [0, 0.05) is 5.69 Å². The Hall–Kier alpha value is -3.21. The first-order chi connectivity index (χ1) is 12.5. The van der Waals surface area contributed by atoms with Crippen molar-refractivity contribution in [1.82, 2.24) is 29.9 Å². The number of benzene rings is 1. The van der Waals surface area contributed by atoms with Gasteiger partial charge in [0.2, 0.25) is 23.8 Å². The van der Waals surface area contributed by atoms with Crippen LogP contribution in [0.2, 0.25) is 0 Å². The summed E-state index contributed by atoms with van der Waals surface area (Å²) in [4.78, 5) is 24.4. The highest BCUT2D eigenvalue weighted by Crippen LogP contribution is 2.18. The Morgan fingerprint density at radius 3 is 1.92 bits per heavy atom. The van der Waals surface area contributed by atoms with E-state index in [0.717, 1.165) is 5.69 Å². The molecule has 3 rings (SSSR count). The molecule has 0 saturated heterocycles. The molecule has 0 aliphatic rings. The maximum absolute atomic E-state index is 5.78. The van der Waals surface area contributed by atoms with Crippen molar-refractivity contribution in [1.29, 1.82) is 0 Å². The lowest BCUT2D eigenvalue weighted by molar-refractivity contribution is 0.971. The minimum absolute atomic E-state index is 0.0992. The number of nitrogen functional groups attached to an aromatic ring is 3. The Balaban J connectivity index is 1.64. The van der Waals surface area contributed by atoms with E-state index in [0.29, 0.717) is 29.1 Å². The molecule has 3 aromatic rings. The standard InChI is InChI=1S/C15H18N10S/c1-8-2-4-9(5-3-8)19-15-23-11(22-14(18)25-15)7-26-6-10-20-12(16)24-13(17)21-10/h2-5H,6-7H2,1H3,(H4,16,17,20,21,24)(H3,18,19,22,23,25). The Labute approximate surface area is 154 Å². The molecule has 26 heavy (non-hydrogen) atoms. The van der Waals surface area contributed by atoms with Crippen molar-refractivity contribution in [2.45, 2.75) is 18.4 Å². The molecule has 0 unspecified atom stereocenters. The van der Waals surface area contributed by atoms with E-state index < -0.39 is 0 Å². The fraction of sp³-hybridized carbons (Fsp3) is 0.200. The van der Waals surface area contributed by atoms with Gasteiger partial charge in [-0.25, -0.2) is 0 Å². The largest absolute Gasteiger partial charge is 0.368 e. The average Bonchev–Trinajstić information content (AvgIpc) is 2.56. The molecule has 0 radical (unpaired) electrons. The molecule has 134 valence electrons.